The number of amides is 4. The predicted molar refractivity (Wildman–Crippen MR) is 184 cm³/mol. The predicted octanol–water partition coefficient (Wildman–Crippen LogP) is 4.55. The number of carbonyl (C=O) groups is 4. The number of nitrogens with one attached hydrogen (secondary N) is 4. The normalized spacial score (nSPS) is 17.0. The van der Waals surface area contributed by atoms with Crippen molar-refractivity contribution < 1.29 is 29.0 Å². The summed E-state index contributed by atoms with van der Waals surface area (Å²) in [5.74, 6) is -0.907. The van der Waals surface area contributed by atoms with Crippen LogP contribution in [0.5, 0.6) is 0 Å². The van der Waals surface area contributed by atoms with Crippen LogP contribution in [-0.4, -0.2) is 75.7 Å². The summed E-state index contributed by atoms with van der Waals surface area (Å²) in [4.78, 5) is 56.6. The topological polar surface area (TPSA) is 159 Å². The van der Waals surface area contributed by atoms with Crippen LogP contribution in [0.3, 0.4) is 0 Å². The molecule has 0 aliphatic heterocycles. The first kappa shape index (κ1) is 39.8. The van der Waals surface area contributed by atoms with Crippen LogP contribution < -0.4 is 21.3 Å². The van der Waals surface area contributed by atoms with E-state index in [0.29, 0.717) is 29.0 Å². The number of ether oxygens (including phenoxy) is 1. The van der Waals surface area contributed by atoms with Crippen LogP contribution in [0.15, 0.2) is 5.38 Å². The number of carbonyl (C=O) groups excluding carboxylic acids is 4. The van der Waals surface area contributed by atoms with Crippen molar-refractivity contribution >= 4 is 46.9 Å². The van der Waals surface area contributed by atoms with Gasteiger partial charge in [-0.05, 0) is 50.4 Å². The van der Waals surface area contributed by atoms with E-state index in [1.54, 1.807) is 18.7 Å². The summed E-state index contributed by atoms with van der Waals surface area (Å²) < 4.78 is 5.37. The Labute approximate surface area is 283 Å². The lowest BCUT2D eigenvalue weighted by atomic mass is 9.91. The van der Waals surface area contributed by atoms with E-state index < -0.39 is 42.1 Å². The summed E-state index contributed by atoms with van der Waals surface area (Å²) in [5.41, 5.74) is 0.850. The second-order valence-electron chi connectivity index (χ2n) is 13.7. The molecule has 5 N–H and O–H groups in total. The Morgan fingerprint density at radius 3 is 2.20 bits per heavy atom. The Bertz CT molecular complexity index is 1110. The largest absolute Gasteiger partial charge is 0.442 e. The highest BCUT2D eigenvalue weighted by Gasteiger charge is 2.32. The third-order valence-electron chi connectivity index (χ3n) is 7.89. The van der Waals surface area contributed by atoms with Crippen LogP contribution in [-0.2, 0) is 25.7 Å². The Morgan fingerprint density at radius 1 is 0.957 bits per heavy atom. The van der Waals surface area contributed by atoms with E-state index in [1.165, 1.54) is 11.3 Å². The highest BCUT2D eigenvalue weighted by molar-refractivity contribution is 8.00. The zero-order chi connectivity index (χ0) is 34.4. The van der Waals surface area contributed by atoms with Gasteiger partial charge in [0.1, 0.15) is 23.7 Å². The minimum Gasteiger partial charge on any atom is -0.442 e. The molecule has 1 aromatic rings. The molecule has 4 amide bonds. The lowest BCUT2D eigenvalue weighted by molar-refractivity contribution is -0.132. The summed E-state index contributed by atoms with van der Waals surface area (Å²) in [7, 11) is 0. The number of alkyl carbamates (subject to hydrolysis) is 1. The fourth-order valence-corrected chi connectivity index (χ4v) is 7.28. The molecule has 1 aliphatic carbocycles. The summed E-state index contributed by atoms with van der Waals surface area (Å²) in [6, 6.07) is -2.21. The van der Waals surface area contributed by atoms with Crippen molar-refractivity contribution in [3.05, 3.63) is 16.1 Å². The molecule has 1 aliphatic rings. The maximum Gasteiger partial charge on any atom is 0.408 e. The van der Waals surface area contributed by atoms with Crippen LogP contribution in [0.1, 0.15) is 97.7 Å². The first-order valence-corrected chi connectivity index (χ1v) is 18.6. The van der Waals surface area contributed by atoms with Crippen molar-refractivity contribution in [2.45, 2.75) is 130 Å². The van der Waals surface area contributed by atoms with Crippen molar-refractivity contribution in [1.29, 1.82) is 0 Å². The Morgan fingerprint density at radius 2 is 1.63 bits per heavy atom. The monoisotopic (exact) mass is 683 g/mol. The molecule has 13 heteroatoms. The number of thiazole rings is 1. The molecule has 1 saturated carbocycles. The first-order valence-electron chi connectivity index (χ1n) is 16.7. The van der Waals surface area contributed by atoms with Crippen molar-refractivity contribution in [2.75, 3.05) is 12.3 Å². The third-order valence-corrected chi connectivity index (χ3v) is 10.3. The lowest BCUT2D eigenvalue weighted by Crippen LogP contribution is -2.55. The van der Waals surface area contributed by atoms with E-state index in [1.807, 2.05) is 53.8 Å². The average Bonchev–Trinajstić information content (AvgIpc) is 3.66. The molecule has 5 atom stereocenters. The fourth-order valence-electron chi connectivity index (χ4n) is 5.23. The van der Waals surface area contributed by atoms with Crippen molar-refractivity contribution in [3.8, 4) is 0 Å². The first-order chi connectivity index (χ1) is 21.7. The molecule has 0 radical (unpaired) electrons. The number of thioether (sulfide) groups is 1. The maximum absolute atomic E-state index is 13.6. The number of aryl methyl sites for hydroxylation is 1. The molecule has 0 bridgehead atoms. The van der Waals surface area contributed by atoms with Gasteiger partial charge in [-0.3, -0.25) is 14.4 Å². The highest BCUT2D eigenvalue weighted by Crippen LogP contribution is 2.30. The average molecular weight is 684 g/mol. The number of hydrogen-bond acceptors (Lipinski definition) is 9. The molecule has 1 heterocycles. The smallest absolute Gasteiger partial charge is 0.408 e. The van der Waals surface area contributed by atoms with Gasteiger partial charge in [0, 0.05) is 34.5 Å². The minimum absolute atomic E-state index is 0.0140. The van der Waals surface area contributed by atoms with Crippen molar-refractivity contribution in [2.24, 2.45) is 23.7 Å². The summed E-state index contributed by atoms with van der Waals surface area (Å²) in [5, 5.41) is 25.7. The number of hydrogen-bond donors (Lipinski definition) is 5. The Balaban J connectivity index is 2.06. The number of rotatable bonds is 19. The lowest BCUT2D eigenvalue weighted by Gasteiger charge is -2.30. The van der Waals surface area contributed by atoms with Gasteiger partial charge in [0.15, 0.2) is 0 Å². The summed E-state index contributed by atoms with van der Waals surface area (Å²) in [6.45, 7) is 15.8. The van der Waals surface area contributed by atoms with Gasteiger partial charge in [0.25, 0.3) is 0 Å². The highest BCUT2D eigenvalue weighted by atomic mass is 32.2. The summed E-state index contributed by atoms with van der Waals surface area (Å²) in [6.07, 6.45) is 3.32. The van der Waals surface area contributed by atoms with Crippen LogP contribution in [0.25, 0.3) is 0 Å². The maximum atomic E-state index is 13.6. The number of aliphatic hydroxyl groups excluding tert-OH is 1. The number of aliphatic hydroxyl groups is 1. The molecular formula is C33H57N5O6S2. The Hall–Kier alpha value is -2.38. The van der Waals surface area contributed by atoms with Gasteiger partial charge >= 0.3 is 6.09 Å². The second kappa shape index (κ2) is 20.1. The molecule has 0 spiro atoms. The Kier molecular flexibility index (Phi) is 17.4. The third kappa shape index (κ3) is 14.6. The number of aromatic nitrogens is 1. The van der Waals surface area contributed by atoms with E-state index in [9.17, 15) is 24.3 Å². The molecule has 262 valence electrons. The van der Waals surface area contributed by atoms with E-state index >= 15 is 0 Å². The number of nitrogens with zero attached hydrogens (tertiary/aromatic N) is 1. The molecular weight excluding hydrogens is 627 g/mol. The van der Waals surface area contributed by atoms with Crippen LogP contribution in [0, 0.1) is 30.6 Å². The van der Waals surface area contributed by atoms with Crippen LogP contribution in [0.2, 0.25) is 0 Å². The fraction of sp³-hybridized carbons (Fsp3) is 0.788. The van der Waals surface area contributed by atoms with E-state index in [4.69, 9.17) is 4.74 Å². The molecule has 11 nitrogen and oxygen atoms in total. The zero-order valence-electron chi connectivity index (χ0n) is 28.9. The molecule has 0 aromatic carbocycles. The van der Waals surface area contributed by atoms with Gasteiger partial charge in [-0.1, -0.05) is 61.3 Å². The molecule has 1 aromatic heterocycles. The molecule has 46 heavy (non-hydrogen) atoms. The molecule has 0 saturated heterocycles. The van der Waals surface area contributed by atoms with Crippen molar-refractivity contribution in [3.63, 3.8) is 0 Å². The minimum atomic E-state index is -1.03. The molecule has 2 rings (SSSR count). The standard InChI is InChI=1S/C33H57N5O6S2/c1-19(2)13-25(27(39)14-22(7)30(40)38-29(21(5)6)32(42)34-15-20(3)4)36-31(41)26(18-45-24-11-9-10-12-24)37-33(43)44-16-28-35-23(8)17-46-28/h17,19-22,24-27,29,39H,9-16,18H2,1-8H3,(H,34,42)(H,36,41)(H,37,43)(H,38,40)/t22-,25-,26+,27+,29-/m1/s1. The van der Waals surface area contributed by atoms with Gasteiger partial charge in [-0.25, -0.2) is 9.78 Å². The second-order valence-corrected chi connectivity index (χ2v) is 16.0. The van der Waals surface area contributed by atoms with Crippen molar-refractivity contribution in [1.82, 2.24) is 26.3 Å². The quantitative estimate of drug-likeness (QED) is 0.142. The van der Waals surface area contributed by atoms with Gasteiger partial charge < -0.3 is 31.1 Å². The zero-order valence-corrected chi connectivity index (χ0v) is 30.5. The SMILES string of the molecule is Cc1csc(COC(=O)N[C@@H](CSC2CCCC2)C(=O)N[C@H](CC(C)C)[C@@H](O)C[C@@H](C)C(=O)N[C@@H](C(=O)NCC(C)C)C(C)C)n1. The van der Waals surface area contributed by atoms with E-state index in [0.717, 1.165) is 31.4 Å². The van der Waals surface area contributed by atoms with Gasteiger partial charge in [-0.15, -0.1) is 11.3 Å². The van der Waals surface area contributed by atoms with Gasteiger partial charge in [0.05, 0.1) is 12.1 Å². The van der Waals surface area contributed by atoms with Crippen LogP contribution in [0.4, 0.5) is 4.79 Å². The van der Waals surface area contributed by atoms with Crippen LogP contribution >= 0.6 is 23.1 Å². The van der Waals surface area contributed by atoms with Gasteiger partial charge in [0.2, 0.25) is 17.7 Å². The summed E-state index contributed by atoms with van der Waals surface area (Å²) >= 11 is 3.07. The van der Waals surface area contributed by atoms with E-state index in [2.05, 4.69) is 26.3 Å². The molecule has 0 unspecified atom stereocenters. The van der Waals surface area contributed by atoms with E-state index in [-0.39, 0.29) is 42.6 Å². The van der Waals surface area contributed by atoms with Gasteiger partial charge in [-0.2, -0.15) is 11.8 Å². The molecule has 1 fully saturated rings.